The molecule has 1 N–H and O–H groups in total. The molecule has 0 aliphatic carbocycles. The molecule has 0 spiro atoms. The predicted octanol–water partition coefficient (Wildman–Crippen LogP) is 5.93. The van der Waals surface area contributed by atoms with Gasteiger partial charge in [0.2, 0.25) is 0 Å². The lowest BCUT2D eigenvalue weighted by atomic mass is 10.1. The zero-order valence-electron chi connectivity index (χ0n) is 18.5. The number of ether oxygens (including phenoxy) is 3. The lowest BCUT2D eigenvalue weighted by Crippen LogP contribution is -2.15. The number of rotatable bonds is 8. The zero-order chi connectivity index (χ0) is 22.4. The number of pyridine rings is 1. The molecule has 1 unspecified atom stereocenters. The van der Waals surface area contributed by atoms with E-state index in [2.05, 4.69) is 10.3 Å². The molecule has 0 saturated heterocycles. The van der Waals surface area contributed by atoms with Crippen molar-refractivity contribution in [3.8, 4) is 17.2 Å². The number of nitrogens with one attached hydrogen (secondary N) is 1. The minimum absolute atomic E-state index is 0.0820. The van der Waals surface area contributed by atoms with Gasteiger partial charge in [-0.1, -0.05) is 12.1 Å². The van der Waals surface area contributed by atoms with Crippen molar-refractivity contribution in [2.75, 3.05) is 12.4 Å². The number of nitrogens with zero attached hydrogens (tertiary/aromatic N) is 1. The molecule has 0 fully saturated rings. The molecular weight excluding hydrogens is 392 g/mol. The fourth-order valence-electron chi connectivity index (χ4n) is 3.02. The van der Waals surface area contributed by atoms with E-state index in [1.165, 1.54) is 0 Å². The number of aryl methyl sites for hydroxylation is 1. The largest absolute Gasteiger partial charge is 0.491 e. The average Bonchev–Trinajstić information content (AvgIpc) is 2.73. The van der Waals surface area contributed by atoms with Gasteiger partial charge in [0, 0.05) is 24.9 Å². The maximum atomic E-state index is 12.8. The molecule has 1 aromatic heterocycles. The summed E-state index contributed by atoms with van der Waals surface area (Å²) in [6, 6.07) is 18.3. The van der Waals surface area contributed by atoms with Crippen LogP contribution in [0, 0.1) is 6.92 Å². The highest BCUT2D eigenvalue weighted by atomic mass is 16.5. The van der Waals surface area contributed by atoms with E-state index in [-0.39, 0.29) is 18.1 Å². The number of hydrogen-bond acceptors (Lipinski definition) is 5. The van der Waals surface area contributed by atoms with Crippen LogP contribution in [0.4, 0.5) is 5.69 Å². The SMILES string of the molecule is COC(C)c1ccc(C(=O)Nc2cccc(Oc3cccc(OC(C)C)c3)c2)c(C)n1. The molecule has 1 heterocycles. The first-order chi connectivity index (χ1) is 14.9. The number of aromatic nitrogens is 1. The maximum Gasteiger partial charge on any atom is 0.257 e. The molecule has 1 atom stereocenters. The summed E-state index contributed by atoms with van der Waals surface area (Å²) >= 11 is 0. The van der Waals surface area contributed by atoms with Crippen LogP contribution in [0.3, 0.4) is 0 Å². The Morgan fingerprint density at radius 3 is 2.29 bits per heavy atom. The van der Waals surface area contributed by atoms with Gasteiger partial charge in [-0.2, -0.15) is 0 Å². The second kappa shape index (κ2) is 10.1. The van der Waals surface area contributed by atoms with Crippen molar-refractivity contribution in [2.24, 2.45) is 0 Å². The van der Waals surface area contributed by atoms with Crippen LogP contribution < -0.4 is 14.8 Å². The zero-order valence-corrected chi connectivity index (χ0v) is 18.5. The second-order valence-corrected chi connectivity index (χ2v) is 7.47. The smallest absolute Gasteiger partial charge is 0.257 e. The molecular formula is C25H28N2O4. The molecule has 0 aliphatic rings. The third-order valence-electron chi connectivity index (χ3n) is 4.63. The molecule has 3 rings (SSSR count). The van der Waals surface area contributed by atoms with Crippen LogP contribution in [0.5, 0.6) is 17.2 Å². The Hall–Kier alpha value is -3.38. The number of hydrogen-bond donors (Lipinski definition) is 1. The average molecular weight is 421 g/mol. The third-order valence-corrected chi connectivity index (χ3v) is 4.63. The van der Waals surface area contributed by atoms with Gasteiger partial charge >= 0.3 is 0 Å². The van der Waals surface area contributed by atoms with Crippen molar-refractivity contribution in [3.05, 3.63) is 77.6 Å². The summed E-state index contributed by atoms with van der Waals surface area (Å²) in [5.74, 6) is 1.78. The molecule has 0 aliphatic heterocycles. The topological polar surface area (TPSA) is 69.7 Å². The summed E-state index contributed by atoms with van der Waals surface area (Å²) in [6.07, 6.45) is -0.0485. The van der Waals surface area contributed by atoms with Crippen LogP contribution in [0.15, 0.2) is 60.7 Å². The van der Waals surface area contributed by atoms with Crippen molar-refractivity contribution < 1.29 is 19.0 Å². The van der Waals surface area contributed by atoms with Crippen molar-refractivity contribution in [3.63, 3.8) is 0 Å². The summed E-state index contributed by atoms with van der Waals surface area (Å²) in [5.41, 5.74) is 2.58. The van der Waals surface area contributed by atoms with Crippen LogP contribution in [0.2, 0.25) is 0 Å². The molecule has 0 radical (unpaired) electrons. The van der Waals surface area contributed by atoms with Crippen LogP contribution in [0.25, 0.3) is 0 Å². The lowest BCUT2D eigenvalue weighted by molar-refractivity contribution is 0.102. The van der Waals surface area contributed by atoms with Crippen molar-refractivity contribution in [1.29, 1.82) is 0 Å². The van der Waals surface area contributed by atoms with E-state index in [0.717, 1.165) is 11.4 Å². The monoisotopic (exact) mass is 420 g/mol. The number of methoxy groups -OCH3 is 1. The standard InChI is InChI=1S/C25H28N2O4/c1-16(2)30-21-10-7-11-22(15-21)31-20-9-6-8-19(14-20)27-25(28)23-12-13-24(18(4)29-5)26-17(23)3/h6-16,18H,1-5H3,(H,27,28). The Balaban J connectivity index is 1.71. The molecule has 6 heteroatoms. The lowest BCUT2D eigenvalue weighted by Gasteiger charge is -2.13. The number of anilines is 1. The van der Waals surface area contributed by atoms with Gasteiger partial charge in [-0.15, -0.1) is 0 Å². The summed E-state index contributed by atoms with van der Waals surface area (Å²) in [5, 5.41) is 2.91. The van der Waals surface area contributed by atoms with Gasteiger partial charge in [-0.3, -0.25) is 9.78 Å². The summed E-state index contributed by atoms with van der Waals surface area (Å²) in [6.45, 7) is 7.68. The van der Waals surface area contributed by atoms with Crippen LogP contribution in [-0.2, 0) is 4.74 Å². The quantitative estimate of drug-likeness (QED) is 0.489. The Morgan fingerprint density at radius 1 is 0.935 bits per heavy atom. The van der Waals surface area contributed by atoms with E-state index < -0.39 is 0 Å². The molecule has 0 bridgehead atoms. The summed E-state index contributed by atoms with van der Waals surface area (Å²) in [7, 11) is 1.63. The van der Waals surface area contributed by atoms with Crippen LogP contribution >= 0.6 is 0 Å². The van der Waals surface area contributed by atoms with Crippen LogP contribution in [-0.4, -0.2) is 24.1 Å². The highest BCUT2D eigenvalue weighted by Crippen LogP contribution is 2.28. The highest BCUT2D eigenvalue weighted by molar-refractivity contribution is 6.05. The van der Waals surface area contributed by atoms with Crippen molar-refractivity contribution in [1.82, 2.24) is 4.98 Å². The van der Waals surface area contributed by atoms with E-state index in [0.29, 0.717) is 28.4 Å². The first-order valence-corrected chi connectivity index (χ1v) is 10.2. The van der Waals surface area contributed by atoms with Gasteiger partial charge in [0.1, 0.15) is 17.2 Å². The second-order valence-electron chi connectivity index (χ2n) is 7.47. The van der Waals surface area contributed by atoms with Gasteiger partial charge in [-0.25, -0.2) is 0 Å². The third kappa shape index (κ3) is 6.06. The summed E-state index contributed by atoms with van der Waals surface area (Å²) < 4.78 is 16.9. The first kappa shape index (κ1) is 22.3. The summed E-state index contributed by atoms with van der Waals surface area (Å²) in [4.78, 5) is 17.2. The Labute approximate surface area is 183 Å². The maximum absolute atomic E-state index is 12.8. The molecule has 162 valence electrons. The minimum Gasteiger partial charge on any atom is -0.491 e. The van der Waals surface area contributed by atoms with Gasteiger partial charge in [-0.05, 0) is 64.1 Å². The van der Waals surface area contributed by atoms with E-state index in [1.54, 1.807) is 19.2 Å². The molecule has 0 saturated carbocycles. The normalized spacial score (nSPS) is 11.8. The van der Waals surface area contributed by atoms with Crippen molar-refractivity contribution >= 4 is 11.6 Å². The van der Waals surface area contributed by atoms with Gasteiger partial charge < -0.3 is 19.5 Å². The van der Waals surface area contributed by atoms with Gasteiger partial charge in [0.25, 0.3) is 5.91 Å². The Bertz CT molecular complexity index is 1050. The Kier molecular flexibility index (Phi) is 7.26. The first-order valence-electron chi connectivity index (χ1n) is 10.2. The van der Waals surface area contributed by atoms with Gasteiger partial charge in [0.05, 0.1) is 29.2 Å². The van der Waals surface area contributed by atoms with Crippen molar-refractivity contribution in [2.45, 2.75) is 39.9 Å². The molecule has 2 aromatic carbocycles. The van der Waals surface area contributed by atoms with Crippen LogP contribution in [0.1, 0.15) is 48.6 Å². The number of benzene rings is 2. The number of carbonyl (C=O) groups is 1. The number of amides is 1. The fourth-order valence-corrected chi connectivity index (χ4v) is 3.02. The molecule has 6 nitrogen and oxygen atoms in total. The molecule has 1 amide bonds. The van der Waals surface area contributed by atoms with E-state index in [4.69, 9.17) is 14.2 Å². The minimum atomic E-state index is -0.230. The number of carbonyl (C=O) groups excluding carboxylic acids is 1. The Morgan fingerprint density at radius 2 is 1.61 bits per heavy atom. The highest BCUT2D eigenvalue weighted by Gasteiger charge is 2.14. The van der Waals surface area contributed by atoms with E-state index in [1.807, 2.05) is 76.2 Å². The molecule has 31 heavy (non-hydrogen) atoms. The van der Waals surface area contributed by atoms with Gasteiger partial charge in [0.15, 0.2) is 0 Å². The van der Waals surface area contributed by atoms with E-state index >= 15 is 0 Å². The predicted molar refractivity (Wildman–Crippen MR) is 121 cm³/mol. The van der Waals surface area contributed by atoms with E-state index in [9.17, 15) is 4.79 Å². The molecule has 3 aromatic rings. The fraction of sp³-hybridized carbons (Fsp3) is 0.280.